The fourth-order valence-electron chi connectivity index (χ4n) is 1.06. The van der Waals surface area contributed by atoms with Crippen LogP contribution < -0.4 is 5.56 Å². The minimum atomic E-state index is -0.327. The first kappa shape index (κ1) is 10.5. The molecule has 0 aliphatic carbocycles. The van der Waals surface area contributed by atoms with Crippen LogP contribution in [-0.4, -0.2) is 17.6 Å². The maximum absolute atomic E-state index is 11.2. The molecule has 1 rings (SSSR count). The highest BCUT2D eigenvalue weighted by Gasteiger charge is 2.04. The third kappa shape index (κ3) is 2.73. The van der Waals surface area contributed by atoms with Crippen LogP contribution in [0.1, 0.15) is 18.2 Å². The first-order valence-corrected chi connectivity index (χ1v) is 4.48. The maximum Gasteiger partial charge on any atom is 0.311 e. The van der Waals surface area contributed by atoms with Gasteiger partial charge < -0.3 is 9.72 Å². The molecule has 0 fully saturated rings. The zero-order valence-electron chi connectivity index (χ0n) is 8.29. The Kier molecular flexibility index (Phi) is 3.45. The van der Waals surface area contributed by atoms with E-state index < -0.39 is 0 Å². The van der Waals surface area contributed by atoms with Crippen molar-refractivity contribution in [2.45, 2.75) is 20.3 Å². The summed E-state index contributed by atoms with van der Waals surface area (Å²) in [6.07, 6.45) is 0.114. The van der Waals surface area contributed by atoms with Crippen LogP contribution in [0.5, 0.6) is 0 Å². The van der Waals surface area contributed by atoms with Gasteiger partial charge >= 0.3 is 5.97 Å². The van der Waals surface area contributed by atoms with Crippen molar-refractivity contribution < 1.29 is 9.53 Å². The van der Waals surface area contributed by atoms with Crippen LogP contribution in [0.3, 0.4) is 0 Å². The molecule has 0 unspecified atom stereocenters. The quantitative estimate of drug-likeness (QED) is 0.725. The molecule has 0 radical (unpaired) electrons. The molecule has 76 valence electrons. The van der Waals surface area contributed by atoms with Crippen LogP contribution in [0.4, 0.5) is 0 Å². The lowest BCUT2D eigenvalue weighted by Crippen LogP contribution is -2.15. The van der Waals surface area contributed by atoms with Crippen molar-refractivity contribution in [3.05, 3.63) is 33.7 Å². The topological polar surface area (TPSA) is 59.2 Å². The molecule has 1 aromatic rings. The van der Waals surface area contributed by atoms with Crippen molar-refractivity contribution in [1.29, 1.82) is 0 Å². The molecule has 0 bridgehead atoms. The van der Waals surface area contributed by atoms with Gasteiger partial charge in [0.05, 0.1) is 13.0 Å². The minimum Gasteiger partial charge on any atom is -0.466 e. The van der Waals surface area contributed by atoms with Crippen molar-refractivity contribution in [3.8, 4) is 0 Å². The molecule has 4 nitrogen and oxygen atoms in total. The Morgan fingerprint density at radius 3 is 2.79 bits per heavy atom. The van der Waals surface area contributed by atoms with E-state index in [-0.39, 0.29) is 17.9 Å². The van der Waals surface area contributed by atoms with Crippen LogP contribution in [-0.2, 0) is 16.0 Å². The van der Waals surface area contributed by atoms with E-state index in [9.17, 15) is 9.59 Å². The summed E-state index contributed by atoms with van der Waals surface area (Å²) in [5.41, 5.74) is 1.06. The van der Waals surface area contributed by atoms with E-state index >= 15 is 0 Å². The van der Waals surface area contributed by atoms with E-state index in [1.807, 2.05) is 0 Å². The van der Waals surface area contributed by atoms with Gasteiger partial charge in [0.15, 0.2) is 0 Å². The molecule has 4 heteroatoms. The Labute approximate surface area is 81.9 Å². The largest absolute Gasteiger partial charge is 0.466 e. The van der Waals surface area contributed by atoms with Crippen molar-refractivity contribution >= 4 is 5.97 Å². The molecule has 0 aliphatic heterocycles. The van der Waals surface area contributed by atoms with Gasteiger partial charge in [0.2, 0.25) is 0 Å². The molecule has 0 saturated carbocycles. The number of nitrogens with one attached hydrogen (secondary N) is 1. The third-order valence-corrected chi connectivity index (χ3v) is 1.81. The lowest BCUT2D eigenvalue weighted by atomic mass is 10.2. The molecule has 1 heterocycles. The average molecular weight is 195 g/mol. The highest BCUT2D eigenvalue weighted by Crippen LogP contribution is 1.96. The van der Waals surface area contributed by atoms with Crippen molar-refractivity contribution in [3.63, 3.8) is 0 Å². The number of carbonyl (C=O) groups excluding carboxylic acids is 1. The summed E-state index contributed by atoms with van der Waals surface area (Å²) >= 11 is 0. The summed E-state index contributed by atoms with van der Waals surface area (Å²) in [5.74, 6) is -0.327. The first-order valence-electron chi connectivity index (χ1n) is 4.48. The minimum absolute atomic E-state index is 0.114. The number of aromatic nitrogens is 1. The van der Waals surface area contributed by atoms with Gasteiger partial charge in [-0.2, -0.15) is 0 Å². The number of esters is 1. The predicted octanol–water partition coefficient (Wildman–Crippen LogP) is 0.789. The first-order chi connectivity index (χ1) is 6.63. The standard InChI is InChI=1S/C10H13NO3/c1-3-14-9(12)6-8-5-4-7(2)10(13)11-8/h4-5H,3,6H2,1-2H3,(H,11,13). The normalized spacial score (nSPS) is 9.86. The van der Waals surface area contributed by atoms with Crippen LogP contribution in [0, 0.1) is 6.92 Å². The van der Waals surface area contributed by atoms with Gasteiger partial charge in [-0.25, -0.2) is 0 Å². The molecule has 0 spiro atoms. The van der Waals surface area contributed by atoms with Crippen LogP contribution in [0.25, 0.3) is 0 Å². The molecule has 0 atom stereocenters. The smallest absolute Gasteiger partial charge is 0.311 e. The summed E-state index contributed by atoms with van der Waals surface area (Å²) in [7, 11) is 0. The van der Waals surface area contributed by atoms with Gasteiger partial charge in [-0.05, 0) is 19.9 Å². The molecule has 0 amide bonds. The SMILES string of the molecule is CCOC(=O)Cc1ccc(C)c(=O)[nH]1. The highest BCUT2D eigenvalue weighted by molar-refractivity contribution is 5.71. The Morgan fingerprint density at radius 2 is 2.21 bits per heavy atom. The Bertz CT molecular complexity index is 381. The van der Waals surface area contributed by atoms with Gasteiger partial charge in [0.25, 0.3) is 5.56 Å². The van der Waals surface area contributed by atoms with E-state index in [0.717, 1.165) is 0 Å². The fourth-order valence-corrected chi connectivity index (χ4v) is 1.06. The number of aryl methyl sites for hydroxylation is 1. The van der Waals surface area contributed by atoms with Crippen LogP contribution in [0.15, 0.2) is 16.9 Å². The predicted molar refractivity (Wildman–Crippen MR) is 52.1 cm³/mol. The van der Waals surface area contributed by atoms with E-state index in [4.69, 9.17) is 4.74 Å². The van der Waals surface area contributed by atoms with E-state index in [2.05, 4.69) is 4.98 Å². The van der Waals surface area contributed by atoms with E-state index in [0.29, 0.717) is 17.9 Å². The van der Waals surface area contributed by atoms with E-state index in [1.54, 1.807) is 26.0 Å². The molecule has 0 saturated heterocycles. The van der Waals surface area contributed by atoms with Gasteiger partial charge in [-0.15, -0.1) is 0 Å². The molecule has 0 aromatic carbocycles. The molecule has 1 N–H and O–H groups in total. The van der Waals surface area contributed by atoms with Gasteiger partial charge in [-0.1, -0.05) is 6.07 Å². The summed E-state index contributed by atoms with van der Waals surface area (Å²) < 4.78 is 4.75. The number of H-pyrrole nitrogens is 1. The second-order valence-corrected chi connectivity index (χ2v) is 2.98. The molecule has 14 heavy (non-hydrogen) atoms. The Morgan fingerprint density at radius 1 is 1.50 bits per heavy atom. The molecule has 0 aliphatic rings. The molecular formula is C10H13NO3. The summed E-state index contributed by atoms with van der Waals surface area (Å²) in [6.45, 7) is 3.82. The number of pyridine rings is 1. The van der Waals surface area contributed by atoms with Crippen molar-refractivity contribution in [1.82, 2.24) is 4.98 Å². The van der Waals surface area contributed by atoms with Crippen LogP contribution in [0.2, 0.25) is 0 Å². The summed E-state index contributed by atoms with van der Waals surface area (Å²) in [6, 6.07) is 3.40. The molecular weight excluding hydrogens is 182 g/mol. The van der Waals surface area contributed by atoms with Crippen LogP contribution >= 0.6 is 0 Å². The fraction of sp³-hybridized carbons (Fsp3) is 0.400. The van der Waals surface area contributed by atoms with Crippen molar-refractivity contribution in [2.75, 3.05) is 6.61 Å². The highest BCUT2D eigenvalue weighted by atomic mass is 16.5. The number of ether oxygens (including phenoxy) is 1. The Balaban J connectivity index is 2.73. The number of aromatic amines is 1. The monoisotopic (exact) mass is 195 g/mol. The lowest BCUT2D eigenvalue weighted by Gasteiger charge is -2.01. The second-order valence-electron chi connectivity index (χ2n) is 2.98. The number of rotatable bonds is 3. The maximum atomic E-state index is 11.2. The van der Waals surface area contributed by atoms with E-state index in [1.165, 1.54) is 0 Å². The second kappa shape index (κ2) is 4.60. The summed E-state index contributed by atoms with van der Waals surface area (Å²) in [5, 5.41) is 0. The zero-order valence-corrected chi connectivity index (χ0v) is 8.29. The van der Waals surface area contributed by atoms with Gasteiger partial charge in [-0.3, -0.25) is 9.59 Å². The number of carbonyl (C=O) groups is 1. The van der Waals surface area contributed by atoms with Gasteiger partial charge in [0.1, 0.15) is 0 Å². The average Bonchev–Trinajstić information content (AvgIpc) is 2.12. The molecule has 1 aromatic heterocycles. The zero-order chi connectivity index (χ0) is 10.6. The summed E-state index contributed by atoms with van der Waals surface area (Å²) in [4.78, 5) is 24.8. The third-order valence-electron chi connectivity index (χ3n) is 1.81. The van der Waals surface area contributed by atoms with Gasteiger partial charge in [0, 0.05) is 11.3 Å². The number of hydrogen-bond acceptors (Lipinski definition) is 3. The Hall–Kier alpha value is -1.58. The number of hydrogen-bond donors (Lipinski definition) is 1. The van der Waals surface area contributed by atoms with Crippen molar-refractivity contribution in [2.24, 2.45) is 0 Å². The lowest BCUT2D eigenvalue weighted by molar-refractivity contribution is -0.142.